The molecule has 4 heteroatoms. The quantitative estimate of drug-likeness (QED) is 0.282. The van der Waals surface area contributed by atoms with Crippen molar-refractivity contribution in [2.45, 2.75) is 90.9 Å². The first-order valence-electron chi connectivity index (χ1n) is 8.56. The van der Waals surface area contributed by atoms with Crippen LogP contribution in [0.4, 0.5) is 0 Å². The van der Waals surface area contributed by atoms with Gasteiger partial charge in [0.1, 0.15) is 0 Å². The summed E-state index contributed by atoms with van der Waals surface area (Å²) in [6, 6.07) is 0. The Labute approximate surface area is 127 Å². The topological polar surface area (TPSA) is 38.7 Å². The van der Waals surface area contributed by atoms with Crippen molar-refractivity contribution in [2.24, 2.45) is 0 Å². The van der Waals surface area contributed by atoms with E-state index in [9.17, 15) is 4.89 Å². The van der Waals surface area contributed by atoms with Gasteiger partial charge in [-0.1, -0.05) is 78.1 Å². The van der Waals surface area contributed by atoms with Gasteiger partial charge in [-0.2, -0.15) is 0 Å². The van der Waals surface area contributed by atoms with Crippen LogP contribution in [0.5, 0.6) is 0 Å². The minimum atomic E-state index is -1.63. The second-order valence-electron chi connectivity index (χ2n) is 5.44. The van der Waals surface area contributed by atoms with Crippen molar-refractivity contribution in [1.82, 2.24) is 0 Å². The first-order chi connectivity index (χ1) is 9.81. The summed E-state index contributed by atoms with van der Waals surface area (Å²) >= 11 is 0. The minimum absolute atomic E-state index is 0.625. The SMILES string of the molecule is CCCCCCCCCCOP(O)OCCCCCC. The molecular formula is C16H35O3P. The van der Waals surface area contributed by atoms with Crippen LogP contribution >= 0.6 is 8.60 Å². The van der Waals surface area contributed by atoms with Gasteiger partial charge < -0.3 is 13.9 Å². The van der Waals surface area contributed by atoms with Crippen LogP contribution in [-0.2, 0) is 9.05 Å². The van der Waals surface area contributed by atoms with Gasteiger partial charge in [-0.25, -0.2) is 0 Å². The second-order valence-corrected chi connectivity index (χ2v) is 6.43. The lowest BCUT2D eigenvalue weighted by Gasteiger charge is -2.10. The first kappa shape index (κ1) is 20.3. The van der Waals surface area contributed by atoms with Gasteiger partial charge in [0.05, 0.1) is 13.2 Å². The van der Waals surface area contributed by atoms with Crippen LogP contribution in [0.2, 0.25) is 0 Å². The molecular weight excluding hydrogens is 271 g/mol. The molecule has 0 aliphatic heterocycles. The molecule has 0 aromatic carbocycles. The highest BCUT2D eigenvalue weighted by molar-refractivity contribution is 7.40. The van der Waals surface area contributed by atoms with E-state index in [0.717, 1.165) is 12.8 Å². The maximum atomic E-state index is 9.53. The molecule has 0 fully saturated rings. The molecule has 0 aliphatic rings. The first-order valence-corrected chi connectivity index (χ1v) is 9.69. The molecule has 122 valence electrons. The summed E-state index contributed by atoms with van der Waals surface area (Å²) in [5.74, 6) is 0. The molecule has 0 rings (SSSR count). The number of hydrogen-bond donors (Lipinski definition) is 1. The average molecular weight is 306 g/mol. The summed E-state index contributed by atoms with van der Waals surface area (Å²) in [6.07, 6.45) is 14.9. The van der Waals surface area contributed by atoms with Crippen LogP contribution in [-0.4, -0.2) is 18.1 Å². The van der Waals surface area contributed by atoms with Crippen molar-refractivity contribution in [2.75, 3.05) is 13.2 Å². The number of unbranched alkanes of at least 4 members (excludes halogenated alkanes) is 10. The third kappa shape index (κ3) is 16.4. The summed E-state index contributed by atoms with van der Waals surface area (Å²) in [5, 5.41) is 0. The molecule has 0 aliphatic carbocycles. The Morgan fingerprint density at radius 1 is 0.600 bits per heavy atom. The predicted octanol–water partition coefficient (Wildman–Crippen LogP) is 5.96. The van der Waals surface area contributed by atoms with Gasteiger partial charge in [-0.3, -0.25) is 0 Å². The summed E-state index contributed by atoms with van der Waals surface area (Å²) < 4.78 is 10.6. The van der Waals surface area contributed by atoms with E-state index in [1.165, 1.54) is 64.2 Å². The van der Waals surface area contributed by atoms with Crippen LogP contribution in [0.15, 0.2) is 0 Å². The zero-order chi connectivity index (χ0) is 14.9. The maximum Gasteiger partial charge on any atom is 0.329 e. The Hall–Kier alpha value is 0.310. The predicted molar refractivity (Wildman–Crippen MR) is 87.8 cm³/mol. The van der Waals surface area contributed by atoms with Gasteiger partial charge in [-0.05, 0) is 12.8 Å². The summed E-state index contributed by atoms with van der Waals surface area (Å²) in [5.41, 5.74) is 0. The van der Waals surface area contributed by atoms with Crippen molar-refractivity contribution in [3.05, 3.63) is 0 Å². The molecule has 0 radical (unpaired) electrons. The fourth-order valence-electron chi connectivity index (χ4n) is 2.09. The van der Waals surface area contributed by atoms with E-state index in [-0.39, 0.29) is 0 Å². The van der Waals surface area contributed by atoms with E-state index in [0.29, 0.717) is 13.2 Å². The van der Waals surface area contributed by atoms with Crippen molar-refractivity contribution >= 4 is 8.60 Å². The molecule has 3 nitrogen and oxygen atoms in total. The molecule has 0 bridgehead atoms. The Morgan fingerprint density at radius 3 is 1.40 bits per heavy atom. The molecule has 0 amide bonds. The summed E-state index contributed by atoms with van der Waals surface area (Å²) in [7, 11) is -1.63. The minimum Gasteiger partial charge on any atom is -0.328 e. The fraction of sp³-hybridized carbons (Fsp3) is 1.00. The van der Waals surface area contributed by atoms with Crippen molar-refractivity contribution < 1.29 is 13.9 Å². The van der Waals surface area contributed by atoms with Crippen molar-refractivity contribution in [1.29, 1.82) is 0 Å². The zero-order valence-electron chi connectivity index (χ0n) is 13.6. The lowest BCUT2D eigenvalue weighted by Crippen LogP contribution is -1.95. The monoisotopic (exact) mass is 306 g/mol. The molecule has 1 unspecified atom stereocenters. The highest BCUT2D eigenvalue weighted by Crippen LogP contribution is 2.33. The van der Waals surface area contributed by atoms with E-state index < -0.39 is 8.60 Å². The molecule has 0 aromatic rings. The van der Waals surface area contributed by atoms with Crippen LogP contribution in [0.25, 0.3) is 0 Å². The second kappa shape index (κ2) is 17.4. The Kier molecular flexibility index (Phi) is 17.6. The van der Waals surface area contributed by atoms with Crippen LogP contribution in [0.1, 0.15) is 90.9 Å². The van der Waals surface area contributed by atoms with E-state index in [1.54, 1.807) is 0 Å². The van der Waals surface area contributed by atoms with Crippen LogP contribution in [0.3, 0.4) is 0 Å². The van der Waals surface area contributed by atoms with Crippen molar-refractivity contribution in [3.63, 3.8) is 0 Å². The molecule has 1 N–H and O–H groups in total. The van der Waals surface area contributed by atoms with Gasteiger partial charge in [0, 0.05) is 0 Å². The van der Waals surface area contributed by atoms with Crippen LogP contribution < -0.4 is 0 Å². The maximum absolute atomic E-state index is 9.53. The summed E-state index contributed by atoms with van der Waals surface area (Å²) in [6.45, 7) is 5.69. The summed E-state index contributed by atoms with van der Waals surface area (Å²) in [4.78, 5) is 9.53. The smallest absolute Gasteiger partial charge is 0.328 e. The molecule has 20 heavy (non-hydrogen) atoms. The molecule has 0 aromatic heterocycles. The van der Waals surface area contributed by atoms with Gasteiger partial charge in [-0.15, -0.1) is 0 Å². The number of hydrogen-bond acceptors (Lipinski definition) is 3. The molecule has 0 spiro atoms. The molecule has 0 saturated carbocycles. The number of rotatable bonds is 16. The third-order valence-electron chi connectivity index (χ3n) is 3.40. The van der Waals surface area contributed by atoms with Crippen LogP contribution in [0, 0.1) is 0 Å². The Bertz CT molecular complexity index is 179. The van der Waals surface area contributed by atoms with E-state index in [4.69, 9.17) is 9.05 Å². The average Bonchev–Trinajstić information content (AvgIpc) is 2.45. The largest absolute Gasteiger partial charge is 0.329 e. The van der Waals surface area contributed by atoms with E-state index in [1.807, 2.05) is 0 Å². The zero-order valence-corrected chi connectivity index (χ0v) is 14.5. The Morgan fingerprint density at radius 2 is 0.950 bits per heavy atom. The Balaban J connectivity index is 3.09. The van der Waals surface area contributed by atoms with Crippen molar-refractivity contribution in [3.8, 4) is 0 Å². The molecule has 0 heterocycles. The molecule has 1 atom stereocenters. The fourth-order valence-corrected chi connectivity index (χ4v) is 2.73. The lowest BCUT2D eigenvalue weighted by atomic mass is 10.1. The van der Waals surface area contributed by atoms with Gasteiger partial charge >= 0.3 is 8.60 Å². The van der Waals surface area contributed by atoms with E-state index in [2.05, 4.69) is 13.8 Å². The standard InChI is InChI=1S/C16H35O3P/c1-3-5-7-9-10-11-12-14-16-19-20(17)18-15-13-8-6-4-2/h17H,3-16H2,1-2H3. The lowest BCUT2D eigenvalue weighted by molar-refractivity contribution is 0.194. The third-order valence-corrected chi connectivity index (χ3v) is 4.21. The highest BCUT2D eigenvalue weighted by atomic mass is 31.2. The van der Waals surface area contributed by atoms with Gasteiger partial charge in [0.25, 0.3) is 0 Å². The normalized spacial score (nSPS) is 12.8. The van der Waals surface area contributed by atoms with Gasteiger partial charge in [0.15, 0.2) is 0 Å². The van der Waals surface area contributed by atoms with Gasteiger partial charge in [0.2, 0.25) is 0 Å². The van der Waals surface area contributed by atoms with E-state index >= 15 is 0 Å². The molecule has 0 saturated heterocycles. The highest BCUT2D eigenvalue weighted by Gasteiger charge is 2.05.